The van der Waals surface area contributed by atoms with Gasteiger partial charge in [-0.1, -0.05) is 41.0 Å². The van der Waals surface area contributed by atoms with Crippen LogP contribution in [-0.2, 0) is 25.7 Å². The number of nitrogens with zero attached hydrogens (tertiary/aromatic N) is 28. The van der Waals surface area contributed by atoms with Gasteiger partial charge in [-0.25, -0.2) is 38.0 Å². The summed E-state index contributed by atoms with van der Waals surface area (Å²) in [5.41, 5.74) is 22.9. The summed E-state index contributed by atoms with van der Waals surface area (Å²) in [6.45, 7) is 40.4. The second-order valence-electron chi connectivity index (χ2n) is 35.4. The first-order valence-electron chi connectivity index (χ1n) is 46.2. The molecule has 16 aromatic heterocycles. The molecule has 4 saturated heterocycles. The van der Waals surface area contributed by atoms with E-state index in [2.05, 4.69) is 152 Å². The Morgan fingerprint density at radius 3 is 0.829 bits per heavy atom. The van der Waals surface area contributed by atoms with Crippen LogP contribution in [0.2, 0.25) is 0 Å². The number of aryl methyl sites for hydroxylation is 8. The van der Waals surface area contributed by atoms with E-state index in [0.717, 1.165) is 239 Å². The quantitative estimate of drug-likeness (QED) is 0.0818. The molecule has 0 unspecified atom stereocenters. The molecule has 0 aromatic carbocycles. The summed E-state index contributed by atoms with van der Waals surface area (Å²) in [6.07, 6.45) is 26.5. The van der Waals surface area contributed by atoms with Crippen molar-refractivity contribution < 1.29 is 0 Å². The van der Waals surface area contributed by atoms with Crippen molar-refractivity contribution in [2.45, 2.75) is 158 Å². The third-order valence-electron chi connectivity index (χ3n) is 26.3. The maximum atomic E-state index is 13.0. The van der Waals surface area contributed by atoms with Gasteiger partial charge in [0.15, 0.2) is 0 Å². The highest BCUT2D eigenvalue weighted by Gasteiger charge is 2.33. The zero-order chi connectivity index (χ0) is 89.0. The smallest absolute Gasteiger partial charge is 0.258 e. The molecular formula is C97H114N28O4. The van der Waals surface area contributed by atoms with Gasteiger partial charge in [0.1, 0.15) is 45.4 Å². The van der Waals surface area contributed by atoms with E-state index in [-0.39, 0.29) is 22.2 Å². The van der Waals surface area contributed by atoms with Crippen LogP contribution in [0.15, 0.2) is 166 Å². The fourth-order valence-corrected chi connectivity index (χ4v) is 18.8. The number of anilines is 4. The standard InChI is InChI=1S/C25H29N7O.C24H27N7O.2C24H29N7O/c1-3-20-23-13-22(28-32(23)15-17(2)26-20)21-14-25(33)31-16-19(7-8-24(31)27-21)30-11-9-29(10-12-30)18-5-4-6-18;1-3-19-22-12-21(27-31(22)14-16(2)25-19)20-13-24(32)30-15-18(6-7-23(30)26-20)29-10-8-28(9-11-29)17-4-5-17;1-5-19-22-12-21(27-31(22)14-17(4)25-19)20-13-24(32)30-15-18(6-7-23(30)26-20)29-10-8-28(9-11-29)16(2)3;1-4-8-28-9-11-29(12-10-28)18-6-7-23-26-20(14-24(32)30(23)16-18)21-13-22-19(5-2)25-17(3)15-31(22)27-21/h7-8,13-16,18H,3-6,9-12H2,1-2H3;6-7,12-15,17H,3-5,8-11H2,1-2H3;6-7,12-16H,5,8-11H2,1-4H3;6-7,13-16H,4-5,8-12H2,1-3H3. The van der Waals surface area contributed by atoms with Gasteiger partial charge in [0.05, 0.1) is 138 Å². The van der Waals surface area contributed by atoms with Gasteiger partial charge in [-0.2, -0.15) is 20.4 Å². The predicted molar refractivity (Wildman–Crippen MR) is 506 cm³/mol. The molecule has 4 aliphatic heterocycles. The van der Waals surface area contributed by atoms with Crippen LogP contribution < -0.4 is 41.8 Å². The van der Waals surface area contributed by atoms with Crippen molar-refractivity contribution >= 4 is 67.4 Å². The normalized spacial score (nSPS) is 16.4. The van der Waals surface area contributed by atoms with E-state index in [9.17, 15) is 19.2 Å². The molecular weight excluding hydrogens is 1620 g/mol. The second-order valence-corrected chi connectivity index (χ2v) is 35.4. The van der Waals surface area contributed by atoms with Gasteiger partial charge in [0.2, 0.25) is 0 Å². The highest BCUT2D eigenvalue weighted by molar-refractivity contribution is 5.72. The molecule has 0 amide bonds. The van der Waals surface area contributed by atoms with Crippen molar-refractivity contribution in [3.63, 3.8) is 0 Å². The van der Waals surface area contributed by atoms with E-state index in [1.807, 2.05) is 144 Å². The lowest BCUT2D eigenvalue weighted by Gasteiger charge is -2.43. The summed E-state index contributed by atoms with van der Waals surface area (Å²) in [6, 6.07) is 32.3. The van der Waals surface area contributed by atoms with Crippen LogP contribution in [0.5, 0.6) is 0 Å². The summed E-state index contributed by atoms with van der Waals surface area (Å²) in [4.78, 5) is 109. The third-order valence-corrected chi connectivity index (χ3v) is 26.3. The molecule has 666 valence electrons. The van der Waals surface area contributed by atoms with Gasteiger partial charge in [0, 0.05) is 172 Å². The molecule has 0 bridgehead atoms. The Kier molecular flexibility index (Phi) is 24.0. The Hall–Kier alpha value is -13.0. The molecule has 32 heteroatoms. The van der Waals surface area contributed by atoms with E-state index < -0.39 is 0 Å². The van der Waals surface area contributed by atoms with Crippen molar-refractivity contribution in [2.75, 3.05) is 131 Å². The summed E-state index contributed by atoms with van der Waals surface area (Å²) in [5, 5.41) is 18.7. The molecule has 20 heterocycles. The number of piperazine rings is 4. The zero-order valence-corrected chi connectivity index (χ0v) is 75.8. The Morgan fingerprint density at radius 2 is 0.581 bits per heavy atom. The first kappa shape index (κ1) is 85.4. The highest BCUT2D eigenvalue weighted by atomic mass is 16.1. The molecule has 2 aliphatic carbocycles. The maximum absolute atomic E-state index is 13.0. The van der Waals surface area contributed by atoms with Gasteiger partial charge in [-0.15, -0.1) is 0 Å². The Bertz CT molecular complexity index is 6930. The minimum Gasteiger partial charge on any atom is -0.368 e. The molecule has 32 nitrogen and oxygen atoms in total. The second kappa shape index (κ2) is 36.2. The van der Waals surface area contributed by atoms with E-state index in [0.29, 0.717) is 74.2 Å². The molecule has 0 radical (unpaired) electrons. The highest BCUT2D eigenvalue weighted by Crippen LogP contribution is 2.33. The number of fused-ring (bicyclic) bond motifs is 8. The number of aromatic nitrogens is 20. The fraction of sp³-hybridized carbons (Fsp3) is 0.423. The Morgan fingerprint density at radius 1 is 0.310 bits per heavy atom. The maximum Gasteiger partial charge on any atom is 0.258 e. The third kappa shape index (κ3) is 17.8. The topological polar surface area (TPSA) is 284 Å². The van der Waals surface area contributed by atoms with Crippen LogP contribution in [0.25, 0.3) is 90.2 Å². The molecule has 0 atom stereocenters. The molecule has 2 saturated carbocycles. The monoisotopic (exact) mass is 1730 g/mol. The first-order chi connectivity index (χ1) is 62.6. The van der Waals surface area contributed by atoms with E-state index in [1.165, 1.54) is 38.5 Å². The molecule has 22 rings (SSSR count). The summed E-state index contributed by atoms with van der Waals surface area (Å²) >= 11 is 0. The predicted octanol–water partition coefficient (Wildman–Crippen LogP) is 11.1. The van der Waals surface area contributed by atoms with E-state index in [4.69, 9.17) is 19.9 Å². The van der Waals surface area contributed by atoms with Gasteiger partial charge in [-0.3, -0.25) is 76.3 Å². The first-order valence-corrected chi connectivity index (χ1v) is 46.2. The number of hydrogen-bond acceptors (Lipinski definition) is 24. The van der Waals surface area contributed by atoms with Crippen LogP contribution in [0.4, 0.5) is 22.7 Å². The molecule has 0 spiro atoms. The average Bonchev–Trinajstić information content (AvgIpc) is 1.71. The van der Waals surface area contributed by atoms with Crippen LogP contribution >= 0.6 is 0 Å². The van der Waals surface area contributed by atoms with Crippen molar-refractivity contribution in [3.05, 3.63) is 234 Å². The number of rotatable bonds is 17. The zero-order valence-electron chi connectivity index (χ0n) is 75.8. The average molecular weight is 1740 g/mol. The molecule has 6 aliphatic rings. The molecule has 6 fully saturated rings. The summed E-state index contributed by atoms with van der Waals surface area (Å²) in [5.74, 6) is 0. The van der Waals surface area contributed by atoms with Crippen LogP contribution in [0.3, 0.4) is 0 Å². The van der Waals surface area contributed by atoms with Crippen LogP contribution in [0.1, 0.15) is 133 Å². The minimum absolute atomic E-state index is 0.0907. The minimum atomic E-state index is -0.102. The SMILES string of the molecule is CCCN1CCN(c2ccc3nc(-c4cc5c(CC)nc(C)cn5n4)cc(=O)n3c2)CC1.CCc1nc(C)cn2nc(-c3cc(=O)n4cc(N5CCN(C(C)C)CC5)ccc4n3)cc12.CCc1nc(C)cn2nc(-c3cc(=O)n4cc(N5CCN(C6CC6)CC5)ccc4n3)cc12.CCc1nc(C)cn2nc(-c3cc(=O)n4cc(N5CCN(C6CCC6)CC5)ccc4n3)cc12. The molecule has 129 heavy (non-hydrogen) atoms. The largest absolute Gasteiger partial charge is 0.368 e. The van der Waals surface area contributed by atoms with E-state index in [1.54, 1.807) is 41.9 Å². The van der Waals surface area contributed by atoms with Gasteiger partial charge in [0.25, 0.3) is 22.2 Å². The molecule has 0 N–H and O–H groups in total. The van der Waals surface area contributed by atoms with Crippen molar-refractivity contribution in [1.29, 1.82) is 0 Å². The summed E-state index contributed by atoms with van der Waals surface area (Å²) < 4.78 is 13.9. The van der Waals surface area contributed by atoms with Crippen LogP contribution in [0, 0.1) is 27.7 Å². The lowest BCUT2D eigenvalue weighted by molar-refractivity contribution is 0.120. The van der Waals surface area contributed by atoms with Gasteiger partial charge in [-0.05, 0) is 179 Å². The van der Waals surface area contributed by atoms with Crippen molar-refractivity contribution in [3.8, 4) is 45.6 Å². The summed E-state index contributed by atoms with van der Waals surface area (Å²) in [7, 11) is 0. The van der Waals surface area contributed by atoms with Crippen molar-refractivity contribution in [1.82, 2.24) is 116 Å². The van der Waals surface area contributed by atoms with Gasteiger partial charge >= 0.3 is 0 Å². The van der Waals surface area contributed by atoms with Crippen LogP contribution in [-0.4, -0.2) is 245 Å². The number of hydrogen-bond donors (Lipinski definition) is 0. The van der Waals surface area contributed by atoms with E-state index >= 15 is 0 Å². The Balaban J connectivity index is 0.000000112. The number of pyridine rings is 4. The lowest BCUT2D eigenvalue weighted by atomic mass is 9.91. The fourth-order valence-electron chi connectivity index (χ4n) is 18.8. The van der Waals surface area contributed by atoms with Gasteiger partial charge < -0.3 is 19.6 Å². The Labute approximate surface area is 747 Å². The molecule has 16 aromatic rings. The van der Waals surface area contributed by atoms with Crippen molar-refractivity contribution in [2.24, 2.45) is 0 Å². The lowest BCUT2D eigenvalue weighted by Crippen LogP contribution is -2.52.